The van der Waals surface area contributed by atoms with Crippen LogP contribution in [-0.4, -0.2) is 25.5 Å². The lowest BCUT2D eigenvalue weighted by Gasteiger charge is -1.99. The van der Waals surface area contributed by atoms with Gasteiger partial charge in [-0.3, -0.25) is 15.1 Å². The van der Waals surface area contributed by atoms with E-state index in [4.69, 9.17) is 4.42 Å². The van der Waals surface area contributed by atoms with Crippen molar-refractivity contribution in [2.75, 3.05) is 5.32 Å². The Labute approximate surface area is 140 Å². The van der Waals surface area contributed by atoms with Gasteiger partial charge < -0.3 is 4.42 Å². The summed E-state index contributed by atoms with van der Waals surface area (Å²) in [6.07, 6.45) is 3.51. The molecule has 0 aliphatic rings. The summed E-state index contributed by atoms with van der Waals surface area (Å²) in [5.41, 5.74) is 3.79. The van der Waals surface area contributed by atoms with Crippen LogP contribution < -0.4 is 5.32 Å². The van der Waals surface area contributed by atoms with Gasteiger partial charge in [0.2, 0.25) is 0 Å². The molecule has 0 saturated carbocycles. The van der Waals surface area contributed by atoms with Gasteiger partial charge in [-0.1, -0.05) is 16.6 Å². The monoisotopic (exact) mass is 337 g/mol. The predicted octanol–water partition coefficient (Wildman–Crippen LogP) is 3.30. The van der Waals surface area contributed by atoms with Crippen molar-refractivity contribution in [2.45, 2.75) is 6.92 Å². The second-order valence-electron chi connectivity index (χ2n) is 5.08. The Kier molecular flexibility index (Phi) is 3.51. The molecule has 0 fully saturated rings. The minimum atomic E-state index is -0.332. The van der Waals surface area contributed by atoms with Crippen molar-refractivity contribution in [3.63, 3.8) is 0 Å². The van der Waals surface area contributed by atoms with Crippen LogP contribution in [0, 0.1) is 6.92 Å². The average molecular weight is 337 g/mol. The summed E-state index contributed by atoms with van der Waals surface area (Å²) < 4.78 is 9.32. The molecule has 3 aromatic heterocycles. The molecule has 8 heteroatoms. The van der Waals surface area contributed by atoms with Gasteiger partial charge in [0.1, 0.15) is 10.4 Å². The number of carbonyl (C=O) groups excluding carboxylic acids is 1. The van der Waals surface area contributed by atoms with Gasteiger partial charge in [0, 0.05) is 18.0 Å². The van der Waals surface area contributed by atoms with Crippen molar-refractivity contribution in [2.24, 2.45) is 0 Å². The van der Waals surface area contributed by atoms with Crippen molar-refractivity contribution < 1.29 is 9.21 Å². The zero-order chi connectivity index (χ0) is 16.5. The van der Waals surface area contributed by atoms with Crippen molar-refractivity contribution in [1.82, 2.24) is 19.6 Å². The number of amides is 1. The SMILES string of the molecule is Cc1nnsc1C(=O)Nc1nc2cc(-c3cccnc3)ccc2o1. The van der Waals surface area contributed by atoms with Crippen molar-refractivity contribution >= 4 is 34.6 Å². The molecule has 4 aromatic rings. The zero-order valence-corrected chi connectivity index (χ0v) is 13.4. The van der Waals surface area contributed by atoms with Crippen LogP contribution in [0.3, 0.4) is 0 Å². The van der Waals surface area contributed by atoms with E-state index in [2.05, 4.69) is 24.9 Å². The third-order valence-corrected chi connectivity index (χ3v) is 4.29. The van der Waals surface area contributed by atoms with Gasteiger partial charge in [0.25, 0.3) is 5.91 Å². The van der Waals surface area contributed by atoms with Crippen LogP contribution in [0.15, 0.2) is 47.1 Å². The smallest absolute Gasteiger partial charge is 0.302 e. The number of pyridine rings is 1. The Morgan fingerprint density at radius 3 is 2.92 bits per heavy atom. The van der Waals surface area contributed by atoms with Gasteiger partial charge in [-0.25, -0.2) is 0 Å². The summed E-state index contributed by atoms with van der Waals surface area (Å²) >= 11 is 1.03. The van der Waals surface area contributed by atoms with Crippen LogP contribution in [-0.2, 0) is 0 Å². The van der Waals surface area contributed by atoms with Crippen LogP contribution in [0.25, 0.3) is 22.2 Å². The molecule has 1 aromatic carbocycles. The average Bonchev–Trinajstić information content (AvgIpc) is 3.20. The fourth-order valence-electron chi connectivity index (χ4n) is 2.29. The van der Waals surface area contributed by atoms with E-state index >= 15 is 0 Å². The van der Waals surface area contributed by atoms with Gasteiger partial charge in [-0.05, 0) is 42.2 Å². The van der Waals surface area contributed by atoms with Crippen molar-refractivity contribution in [3.05, 3.63) is 53.3 Å². The number of nitrogens with zero attached hydrogens (tertiary/aromatic N) is 4. The molecule has 0 spiro atoms. The quantitative estimate of drug-likeness (QED) is 0.616. The first-order chi connectivity index (χ1) is 11.7. The van der Waals surface area contributed by atoms with E-state index in [1.165, 1.54) is 0 Å². The third-order valence-electron chi connectivity index (χ3n) is 3.46. The standard InChI is InChI=1S/C16H11N5O2S/c1-9-14(24-21-20-9)15(22)19-16-18-12-7-10(4-5-13(12)23-16)11-3-2-6-17-8-11/h2-8H,1H3,(H,18,19,22). The van der Waals surface area contributed by atoms with Crippen LogP contribution >= 0.6 is 11.5 Å². The first-order valence-corrected chi connectivity index (χ1v) is 7.89. The Balaban J connectivity index is 1.64. The highest BCUT2D eigenvalue weighted by atomic mass is 32.1. The molecule has 4 rings (SSSR count). The number of benzene rings is 1. The van der Waals surface area contributed by atoms with Gasteiger partial charge in [-0.15, -0.1) is 5.10 Å². The molecule has 118 valence electrons. The second kappa shape index (κ2) is 5.82. The number of hydrogen-bond acceptors (Lipinski definition) is 7. The molecule has 1 N–H and O–H groups in total. The summed E-state index contributed by atoms with van der Waals surface area (Å²) in [7, 11) is 0. The Morgan fingerprint density at radius 2 is 2.17 bits per heavy atom. The third kappa shape index (κ3) is 2.63. The molecule has 1 amide bonds. The first-order valence-electron chi connectivity index (χ1n) is 7.12. The molecule has 0 bridgehead atoms. The number of hydrogen-bond donors (Lipinski definition) is 1. The maximum absolute atomic E-state index is 12.2. The molecule has 0 radical (unpaired) electrons. The molecule has 0 unspecified atom stereocenters. The molecule has 0 atom stereocenters. The predicted molar refractivity (Wildman–Crippen MR) is 89.8 cm³/mol. The topological polar surface area (TPSA) is 93.8 Å². The number of nitrogens with one attached hydrogen (secondary N) is 1. The Morgan fingerprint density at radius 1 is 1.25 bits per heavy atom. The minimum absolute atomic E-state index is 0.145. The van der Waals surface area contributed by atoms with Crippen LogP contribution in [0.1, 0.15) is 15.4 Å². The van der Waals surface area contributed by atoms with Crippen LogP contribution in [0.5, 0.6) is 0 Å². The van der Waals surface area contributed by atoms with Gasteiger partial charge in [0.05, 0.1) is 5.69 Å². The number of aromatic nitrogens is 4. The lowest BCUT2D eigenvalue weighted by atomic mass is 10.1. The van der Waals surface area contributed by atoms with E-state index in [1.54, 1.807) is 19.3 Å². The molecule has 0 saturated heterocycles. The number of rotatable bonds is 3. The number of carbonyl (C=O) groups is 1. The molecule has 0 aliphatic carbocycles. The van der Waals surface area contributed by atoms with Crippen LogP contribution in [0.2, 0.25) is 0 Å². The van der Waals surface area contributed by atoms with E-state index in [9.17, 15) is 4.79 Å². The number of aryl methyl sites for hydroxylation is 1. The highest BCUT2D eigenvalue weighted by molar-refractivity contribution is 7.08. The highest BCUT2D eigenvalue weighted by Gasteiger charge is 2.16. The van der Waals surface area contributed by atoms with E-state index in [0.717, 1.165) is 22.7 Å². The second-order valence-corrected chi connectivity index (χ2v) is 5.84. The lowest BCUT2D eigenvalue weighted by molar-refractivity contribution is 0.102. The fraction of sp³-hybridized carbons (Fsp3) is 0.0625. The zero-order valence-electron chi connectivity index (χ0n) is 12.6. The number of anilines is 1. The molecular formula is C16H11N5O2S. The summed E-state index contributed by atoms with van der Waals surface area (Å²) in [5, 5.41) is 6.45. The van der Waals surface area contributed by atoms with Gasteiger partial charge >= 0.3 is 6.01 Å². The molecule has 3 heterocycles. The molecule has 7 nitrogen and oxygen atoms in total. The Bertz CT molecular complexity index is 1030. The van der Waals surface area contributed by atoms with E-state index in [0.29, 0.717) is 21.7 Å². The lowest BCUT2D eigenvalue weighted by Crippen LogP contribution is -2.11. The van der Waals surface area contributed by atoms with E-state index in [-0.39, 0.29) is 11.9 Å². The minimum Gasteiger partial charge on any atom is -0.423 e. The van der Waals surface area contributed by atoms with E-state index in [1.807, 2.05) is 30.3 Å². The molecule has 0 aliphatic heterocycles. The molecular weight excluding hydrogens is 326 g/mol. The van der Waals surface area contributed by atoms with E-state index < -0.39 is 0 Å². The van der Waals surface area contributed by atoms with Gasteiger partial charge in [-0.2, -0.15) is 4.98 Å². The van der Waals surface area contributed by atoms with Crippen molar-refractivity contribution in [3.8, 4) is 11.1 Å². The van der Waals surface area contributed by atoms with Gasteiger partial charge in [0.15, 0.2) is 5.58 Å². The summed E-state index contributed by atoms with van der Waals surface area (Å²) in [6.45, 7) is 1.73. The number of oxazole rings is 1. The normalized spacial score (nSPS) is 10.9. The van der Waals surface area contributed by atoms with Crippen LogP contribution in [0.4, 0.5) is 6.01 Å². The maximum Gasteiger partial charge on any atom is 0.302 e. The first kappa shape index (κ1) is 14.5. The van der Waals surface area contributed by atoms with Crippen molar-refractivity contribution in [1.29, 1.82) is 0 Å². The fourth-order valence-corrected chi connectivity index (χ4v) is 2.84. The summed E-state index contributed by atoms with van der Waals surface area (Å²) in [5.74, 6) is -0.332. The summed E-state index contributed by atoms with van der Waals surface area (Å²) in [4.78, 5) is 21.0. The number of fused-ring (bicyclic) bond motifs is 1. The highest BCUT2D eigenvalue weighted by Crippen LogP contribution is 2.26. The summed E-state index contributed by atoms with van der Waals surface area (Å²) in [6, 6.07) is 9.62. The Hall–Kier alpha value is -3.13. The molecule has 24 heavy (non-hydrogen) atoms. The maximum atomic E-state index is 12.2. The largest absolute Gasteiger partial charge is 0.423 e.